The van der Waals surface area contributed by atoms with Gasteiger partial charge in [0.25, 0.3) is 5.91 Å². The summed E-state index contributed by atoms with van der Waals surface area (Å²) in [4.78, 5) is 10.5. The van der Waals surface area contributed by atoms with E-state index in [0.717, 1.165) is 5.54 Å². The van der Waals surface area contributed by atoms with Crippen molar-refractivity contribution in [3.05, 3.63) is 37.0 Å². The standard InChI is InChI=1S/C7H8FNO/c1-3-5-6(4-2)7(10)9-8/h3-5H,1-2H2,(H,9,10)/b6-5+. The minimum atomic E-state index is -0.810. The van der Waals surface area contributed by atoms with Crippen LogP contribution in [-0.4, -0.2) is 5.91 Å². The summed E-state index contributed by atoms with van der Waals surface area (Å²) >= 11 is 0. The minimum Gasteiger partial charge on any atom is -0.267 e. The first kappa shape index (κ1) is 8.62. The van der Waals surface area contributed by atoms with Crippen LogP contribution in [0.25, 0.3) is 0 Å². The van der Waals surface area contributed by atoms with E-state index in [1.54, 1.807) is 0 Å². The van der Waals surface area contributed by atoms with Crippen LogP contribution in [0.3, 0.4) is 0 Å². The van der Waals surface area contributed by atoms with E-state index < -0.39 is 5.91 Å². The van der Waals surface area contributed by atoms with Gasteiger partial charge in [0, 0.05) is 5.57 Å². The van der Waals surface area contributed by atoms with E-state index in [1.807, 2.05) is 0 Å². The second-order valence-electron chi connectivity index (χ2n) is 1.49. The molecule has 0 aromatic rings. The molecule has 54 valence electrons. The lowest BCUT2D eigenvalue weighted by Gasteiger charge is -1.93. The van der Waals surface area contributed by atoms with Gasteiger partial charge in [-0.2, -0.15) is 5.54 Å². The zero-order valence-corrected chi connectivity index (χ0v) is 5.43. The van der Waals surface area contributed by atoms with E-state index in [0.29, 0.717) is 0 Å². The van der Waals surface area contributed by atoms with Gasteiger partial charge in [-0.05, 0) is 6.08 Å². The van der Waals surface area contributed by atoms with Gasteiger partial charge in [0.15, 0.2) is 0 Å². The Kier molecular flexibility index (Phi) is 3.87. The molecule has 0 bridgehead atoms. The summed E-state index contributed by atoms with van der Waals surface area (Å²) in [5.41, 5.74) is 1.13. The molecule has 3 heteroatoms. The Morgan fingerprint density at radius 3 is 2.40 bits per heavy atom. The van der Waals surface area contributed by atoms with Gasteiger partial charge >= 0.3 is 0 Å². The lowest BCUT2D eigenvalue weighted by atomic mass is 10.2. The monoisotopic (exact) mass is 141 g/mol. The highest BCUT2D eigenvalue weighted by Crippen LogP contribution is 1.95. The molecule has 1 N–H and O–H groups in total. The maximum atomic E-state index is 11.4. The molecular formula is C7H8FNO. The Bertz CT molecular complexity index is 184. The van der Waals surface area contributed by atoms with E-state index >= 15 is 0 Å². The average molecular weight is 141 g/mol. The van der Waals surface area contributed by atoms with Crippen LogP contribution >= 0.6 is 0 Å². The molecule has 0 spiro atoms. The van der Waals surface area contributed by atoms with Crippen molar-refractivity contribution < 1.29 is 9.28 Å². The minimum absolute atomic E-state index is 0.150. The SMILES string of the molecule is C=C/C=C(\C=C)C(=O)NF. The van der Waals surface area contributed by atoms with Crippen molar-refractivity contribution >= 4 is 5.91 Å². The summed E-state index contributed by atoms with van der Waals surface area (Å²) in [5, 5.41) is 0. The Morgan fingerprint density at radius 2 is 2.10 bits per heavy atom. The number of hydrogen-bond donors (Lipinski definition) is 1. The number of allylic oxidation sites excluding steroid dienone is 2. The number of nitrogens with one attached hydrogen (secondary N) is 1. The van der Waals surface area contributed by atoms with Gasteiger partial charge in [0.2, 0.25) is 0 Å². The fourth-order valence-electron chi connectivity index (χ4n) is 0.418. The van der Waals surface area contributed by atoms with E-state index in [2.05, 4.69) is 13.2 Å². The van der Waals surface area contributed by atoms with Gasteiger partial charge in [-0.15, -0.1) is 0 Å². The molecule has 0 rings (SSSR count). The summed E-state index contributed by atoms with van der Waals surface area (Å²) in [6.45, 7) is 6.64. The summed E-state index contributed by atoms with van der Waals surface area (Å²) in [6, 6.07) is 0. The molecule has 0 aromatic heterocycles. The topological polar surface area (TPSA) is 29.1 Å². The summed E-state index contributed by atoms with van der Waals surface area (Å²) < 4.78 is 11.4. The van der Waals surface area contributed by atoms with Gasteiger partial charge in [-0.3, -0.25) is 4.79 Å². The number of halogens is 1. The van der Waals surface area contributed by atoms with Crippen molar-refractivity contribution in [2.75, 3.05) is 0 Å². The number of amides is 1. The highest BCUT2D eigenvalue weighted by atomic mass is 19.2. The van der Waals surface area contributed by atoms with Gasteiger partial charge in [0.05, 0.1) is 0 Å². The van der Waals surface area contributed by atoms with Crippen LogP contribution in [0.2, 0.25) is 0 Å². The largest absolute Gasteiger partial charge is 0.278 e. The van der Waals surface area contributed by atoms with Crippen LogP contribution in [0.15, 0.2) is 37.0 Å². The second-order valence-corrected chi connectivity index (χ2v) is 1.49. The van der Waals surface area contributed by atoms with Crippen LogP contribution in [-0.2, 0) is 4.79 Å². The lowest BCUT2D eigenvalue weighted by molar-refractivity contribution is -0.121. The third-order valence-corrected chi connectivity index (χ3v) is 0.865. The Hall–Kier alpha value is -1.38. The van der Waals surface area contributed by atoms with E-state index in [-0.39, 0.29) is 5.57 Å². The van der Waals surface area contributed by atoms with Gasteiger partial charge in [-0.25, -0.2) is 0 Å². The molecule has 2 nitrogen and oxygen atoms in total. The van der Waals surface area contributed by atoms with E-state index in [1.165, 1.54) is 18.2 Å². The van der Waals surface area contributed by atoms with Crippen molar-refractivity contribution in [3.63, 3.8) is 0 Å². The maximum absolute atomic E-state index is 11.4. The summed E-state index contributed by atoms with van der Waals surface area (Å²) in [5.74, 6) is -0.810. The van der Waals surface area contributed by atoms with Crippen LogP contribution in [0.4, 0.5) is 4.48 Å². The molecule has 0 aliphatic rings. The fraction of sp³-hybridized carbons (Fsp3) is 0. The highest BCUT2D eigenvalue weighted by molar-refractivity contribution is 5.95. The first-order chi connectivity index (χ1) is 4.76. The van der Waals surface area contributed by atoms with Gasteiger partial charge in [0.1, 0.15) is 0 Å². The second kappa shape index (κ2) is 4.49. The molecule has 10 heavy (non-hydrogen) atoms. The maximum Gasteiger partial charge on any atom is 0.278 e. The van der Waals surface area contributed by atoms with Crippen LogP contribution in [0.1, 0.15) is 0 Å². The summed E-state index contributed by atoms with van der Waals surface area (Å²) in [7, 11) is 0. The third kappa shape index (κ3) is 2.26. The molecule has 0 aliphatic heterocycles. The Morgan fingerprint density at radius 1 is 1.50 bits per heavy atom. The average Bonchev–Trinajstić information content (AvgIpc) is 1.99. The molecule has 0 fully saturated rings. The molecule has 0 radical (unpaired) electrons. The number of hydrogen-bond acceptors (Lipinski definition) is 1. The molecule has 0 unspecified atom stereocenters. The zero-order valence-electron chi connectivity index (χ0n) is 5.43. The molecule has 0 saturated carbocycles. The third-order valence-electron chi connectivity index (χ3n) is 0.865. The van der Waals surface area contributed by atoms with E-state index in [4.69, 9.17) is 0 Å². The van der Waals surface area contributed by atoms with Crippen LogP contribution in [0, 0.1) is 0 Å². The number of carbonyl (C=O) groups is 1. The van der Waals surface area contributed by atoms with Crippen molar-refractivity contribution in [2.24, 2.45) is 0 Å². The first-order valence-corrected chi connectivity index (χ1v) is 2.62. The highest BCUT2D eigenvalue weighted by Gasteiger charge is 2.01. The quantitative estimate of drug-likeness (QED) is 0.358. The molecule has 1 amide bonds. The molecule has 0 aromatic carbocycles. The number of rotatable bonds is 3. The zero-order chi connectivity index (χ0) is 7.98. The molecule has 0 aliphatic carbocycles. The van der Waals surface area contributed by atoms with E-state index in [9.17, 15) is 9.28 Å². The normalized spacial score (nSPS) is 10.3. The smallest absolute Gasteiger partial charge is 0.267 e. The van der Waals surface area contributed by atoms with Crippen LogP contribution in [0.5, 0.6) is 0 Å². The van der Waals surface area contributed by atoms with Gasteiger partial charge in [-0.1, -0.05) is 29.8 Å². The van der Waals surface area contributed by atoms with Crippen molar-refractivity contribution in [2.45, 2.75) is 0 Å². The Labute approximate surface area is 58.7 Å². The first-order valence-electron chi connectivity index (χ1n) is 2.62. The molecule has 0 atom stereocenters. The fourth-order valence-corrected chi connectivity index (χ4v) is 0.418. The lowest BCUT2D eigenvalue weighted by Crippen LogP contribution is -2.14. The van der Waals surface area contributed by atoms with Gasteiger partial charge < -0.3 is 0 Å². The van der Waals surface area contributed by atoms with Crippen molar-refractivity contribution in [1.29, 1.82) is 0 Å². The molecule has 0 saturated heterocycles. The Balaban J connectivity index is 4.34. The van der Waals surface area contributed by atoms with Crippen LogP contribution < -0.4 is 5.54 Å². The predicted molar refractivity (Wildman–Crippen MR) is 37.7 cm³/mol. The predicted octanol–water partition coefficient (Wildman–Crippen LogP) is 1.29. The number of carbonyl (C=O) groups excluding carboxylic acids is 1. The van der Waals surface area contributed by atoms with Crippen molar-refractivity contribution in [1.82, 2.24) is 5.54 Å². The molecule has 0 heterocycles. The molecular weight excluding hydrogens is 133 g/mol. The summed E-state index contributed by atoms with van der Waals surface area (Å²) in [6.07, 6.45) is 3.99. The van der Waals surface area contributed by atoms with Crippen molar-refractivity contribution in [3.8, 4) is 0 Å².